The van der Waals surface area contributed by atoms with Crippen LogP contribution >= 0.6 is 11.8 Å². The number of fused-ring (bicyclic) bond motifs is 1. The van der Waals surface area contributed by atoms with Crippen molar-refractivity contribution in [2.24, 2.45) is 5.41 Å². The molecule has 0 radical (unpaired) electrons. The highest BCUT2D eigenvalue weighted by Crippen LogP contribution is 2.47. The maximum absolute atomic E-state index is 13.1. The molecule has 4 nitrogen and oxygen atoms in total. The van der Waals surface area contributed by atoms with Gasteiger partial charge in [-0.05, 0) is 36.5 Å². The van der Waals surface area contributed by atoms with Crippen LogP contribution in [0.4, 0.5) is 13.2 Å². The lowest BCUT2D eigenvalue weighted by Crippen LogP contribution is -2.52. The van der Waals surface area contributed by atoms with Crippen molar-refractivity contribution >= 4 is 23.6 Å². The highest BCUT2D eigenvalue weighted by molar-refractivity contribution is 8.01. The average molecular weight is 414 g/mol. The van der Waals surface area contributed by atoms with E-state index in [0.717, 1.165) is 12.1 Å². The van der Waals surface area contributed by atoms with Crippen molar-refractivity contribution in [3.05, 3.63) is 35.4 Å². The van der Waals surface area contributed by atoms with Crippen LogP contribution < -0.4 is 5.32 Å². The van der Waals surface area contributed by atoms with Crippen LogP contribution in [-0.4, -0.2) is 33.4 Å². The molecule has 8 heteroatoms. The molecule has 3 rings (SSSR count). The van der Waals surface area contributed by atoms with Crippen molar-refractivity contribution in [1.82, 2.24) is 10.2 Å². The molecular formula is C20H25F3N2O2S. The standard InChI is InChI=1S/C20H25F3N2O2S/c1-18(2,3)16(12-6-5-7-13(10-12)20(21,22)23)24-17(27)14-11-28-19(4)9-8-15(26)25(14)19/h5-7,10,14,16H,8-9,11H2,1-4H3,(H,24,27)/t14-,16-,19-/m1/s1. The normalized spacial score (nSPS) is 26.3. The van der Waals surface area contributed by atoms with E-state index < -0.39 is 29.2 Å². The zero-order valence-electron chi connectivity index (χ0n) is 16.4. The summed E-state index contributed by atoms with van der Waals surface area (Å²) in [6, 6.07) is 3.85. The summed E-state index contributed by atoms with van der Waals surface area (Å²) in [5.74, 6) is 0.135. The fraction of sp³-hybridized carbons (Fsp3) is 0.600. The average Bonchev–Trinajstić information content (AvgIpc) is 3.07. The Hall–Kier alpha value is -1.70. The zero-order chi connectivity index (χ0) is 20.9. The number of nitrogens with zero attached hydrogens (tertiary/aromatic N) is 1. The molecule has 2 amide bonds. The van der Waals surface area contributed by atoms with Gasteiger partial charge in [0.2, 0.25) is 11.8 Å². The smallest absolute Gasteiger partial charge is 0.347 e. The Morgan fingerprint density at radius 1 is 1.32 bits per heavy atom. The molecule has 0 spiro atoms. The van der Waals surface area contributed by atoms with E-state index in [-0.39, 0.29) is 16.7 Å². The van der Waals surface area contributed by atoms with Crippen LogP contribution in [0.3, 0.4) is 0 Å². The van der Waals surface area contributed by atoms with Crippen molar-refractivity contribution in [2.45, 2.75) is 63.7 Å². The first-order valence-electron chi connectivity index (χ1n) is 9.26. The van der Waals surface area contributed by atoms with E-state index in [0.29, 0.717) is 24.2 Å². The molecule has 2 fully saturated rings. The number of nitrogens with one attached hydrogen (secondary N) is 1. The number of benzene rings is 1. The SMILES string of the molecule is CC(C)(C)[C@H](NC(=O)[C@H]1CS[C@]2(C)CCC(=O)N12)c1cccc(C(F)(F)F)c1. The van der Waals surface area contributed by atoms with Crippen LogP contribution in [0.5, 0.6) is 0 Å². The van der Waals surface area contributed by atoms with Crippen LogP contribution in [0.15, 0.2) is 24.3 Å². The Bertz CT molecular complexity index is 790. The van der Waals surface area contributed by atoms with E-state index in [4.69, 9.17) is 0 Å². The lowest BCUT2D eigenvalue weighted by molar-refractivity contribution is -0.138. The Balaban J connectivity index is 1.87. The molecule has 0 aromatic heterocycles. The molecule has 154 valence electrons. The lowest BCUT2D eigenvalue weighted by Gasteiger charge is -2.35. The zero-order valence-corrected chi connectivity index (χ0v) is 17.2. The molecule has 28 heavy (non-hydrogen) atoms. The Morgan fingerprint density at radius 2 is 2.00 bits per heavy atom. The summed E-state index contributed by atoms with van der Waals surface area (Å²) in [6.45, 7) is 7.57. The highest BCUT2D eigenvalue weighted by Gasteiger charge is 2.53. The van der Waals surface area contributed by atoms with Crippen LogP contribution in [0.1, 0.15) is 57.7 Å². The number of hydrogen-bond acceptors (Lipinski definition) is 3. The van der Waals surface area contributed by atoms with E-state index in [1.54, 1.807) is 22.7 Å². The van der Waals surface area contributed by atoms with Gasteiger partial charge in [-0.2, -0.15) is 13.2 Å². The molecule has 2 heterocycles. The number of hydrogen-bond donors (Lipinski definition) is 1. The Morgan fingerprint density at radius 3 is 2.61 bits per heavy atom. The molecular weight excluding hydrogens is 389 g/mol. The van der Waals surface area contributed by atoms with Crippen molar-refractivity contribution in [2.75, 3.05) is 5.75 Å². The van der Waals surface area contributed by atoms with Gasteiger partial charge in [-0.15, -0.1) is 11.8 Å². The Kier molecular flexibility index (Phi) is 5.23. The van der Waals surface area contributed by atoms with Crippen molar-refractivity contribution in [1.29, 1.82) is 0 Å². The molecule has 3 atom stereocenters. The molecule has 1 N–H and O–H groups in total. The van der Waals surface area contributed by atoms with Gasteiger partial charge in [0.25, 0.3) is 0 Å². The van der Waals surface area contributed by atoms with Gasteiger partial charge >= 0.3 is 6.18 Å². The molecule has 2 aliphatic rings. The third kappa shape index (κ3) is 3.88. The number of thioether (sulfide) groups is 1. The molecule has 0 aliphatic carbocycles. The van der Waals surface area contributed by atoms with Crippen LogP contribution in [0.25, 0.3) is 0 Å². The van der Waals surface area contributed by atoms with Crippen LogP contribution in [0, 0.1) is 5.41 Å². The first-order chi connectivity index (χ1) is 12.8. The quantitative estimate of drug-likeness (QED) is 0.799. The maximum Gasteiger partial charge on any atom is 0.416 e. The Labute approximate surface area is 167 Å². The topological polar surface area (TPSA) is 49.4 Å². The van der Waals surface area contributed by atoms with E-state index in [2.05, 4.69) is 5.32 Å². The van der Waals surface area contributed by atoms with E-state index in [9.17, 15) is 22.8 Å². The van der Waals surface area contributed by atoms with Gasteiger partial charge < -0.3 is 10.2 Å². The van der Waals surface area contributed by atoms with E-state index >= 15 is 0 Å². The van der Waals surface area contributed by atoms with Crippen LogP contribution in [0.2, 0.25) is 0 Å². The predicted molar refractivity (Wildman–Crippen MR) is 103 cm³/mol. The van der Waals surface area contributed by atoms with Gasteiger partial charge in [-0.25, -0.2) is 0 Å². The molecule has 1 aromatic rings. The number of amides is 2. The second-order valence-electron chi connectivity index (χ2n) is 8.70. The first kappa shape index (κ1) is 21.0. The third-order valence-corrected chi connectivity index (χ3v) is 6.95. The number of alkyl halides is 3. The minimum absolute atomic E-state index is 0.0426. The molecule has 1 aromatic carbocycles. The fourth-order valence-corrected chi connectivity index (χ4v) is 5.38. The summed E-state index contributed by atoms with van der Waals surface area (Å²) in [7, 11) is 0. The summed E-state index contributed by atoms with van der Waals surface area (Å²) in [5, 5.41) is 2.93. The molecule has 0 bridgehead atoms. The fourth-order valence-electron chi connectivity index (χ4n) is 3.95. The largest absolute Gasteiger partial charge is 0.416 e. The summed E-state index contributed by atoms with van der Waals surface area (Å²) in [4.78, 5) is 26.6. The molecule has 0 unspecified atom stereocenters. The molecule has 2 saturated heterocycles. The minimum Gasteiger partial charge on any atom is -0.347 e. The van der Waals surface area contributed by atoms with E-state index in [1.807, 2.05) is 27.7 Å². The van der Waals surface area contributed by atoms with Gasteiger partial charge in [0, 0.05) is 12.2 Å². The summed E-state index contributed by atoms with van der Waals surface area (Å²) < 4.78 is 39.4. The third-order valence-electron chi connectivity index (χ3n) is 5.45. The van der Waals surface area contributed by atoms with E-state index in [1.165, 1.54) is 6.07 Å². The number of carbonyl (C=O) groups is 2. The summed E-state index contributed by atoms with van der Waals surface area (Å²) >= 11 is 1.59. The van der Waals surface area contributed by atoms with Gasteiger partial charge in [0.05, 0.1) is 16.5 Å². The van der Waals surface area contributed by atoms with Crippen molar-refractivity contribution in [3.63, 3.8) is 0 Å². The van der Waals surface area contributed by atoms with Crippen LogP contribution in [-0.2, 0) is 15.8 Å². The maximum atomic E-state index is 13.1. The summed E-state index contributed by atoms with van der Waals surface area (Å²) in [6.07, 6.45) is -3.32. The van der Waals surface area contributed by atoms with Gasteiger partial charge in [0.15, 0.2) is 0 Å². The van der Waals surface area contributed by atoms with Gasteiger partial charge in [-0.1, -0.05) is 32.9 Å². The van der Waals surface area contributed by atoms with Crippen molar-refractivity contribution in [3.8, 4) is 0 Å². The van der Waals surface area contributed by atoms with Gasteiger partial charge in [-0.3, -0.25) is 9.59 Å². The number of halogens is 3. The molecule has 2 aliphatic heterocycles. The second-order valence-corrected chi connectivity index (χ2v) is 10.2. The monoisotopic (exact) mass is 414 g/mol. The number of rotatable bonds is 3. The highest BCUT2D eigenvalue weighted by atomic mass is 32.2. The van der Waals surface area contributed by atoms with Crippen molar-refractivity contribution < 1.29 is 22.8 Å². The van der Waals surface area contributed by atoms with Gasteiger partial charge in [0.1, 0.15) is 6.04 Å². The predicted octanol–water partition coefficient (Wildman–Crippen LogP) is 4.36. The molecule has 0 saturated carbocycles. The number of carbonyl (C=O) groups excluding carboxylic acids is 2. The minimum atomic E-state index is -4.45. The second kappa shape index (κ2) is 6.97. The first-order valence-corrected chi connectivity index (χ1v) is 10.3. The summed E-state index contributed by atoms with van der Waals surface area (Å²) in [5.41, 5.74) is -0.853. The lowest BCUT2D eigenvalue weighted by atomic mass is 9.81.